The number of nitrogens with one attached hydrogen (secondary N) is 1. The van der Waals surface area contributed by atoms with Crippen molar-refractivity contribution in [3.05, 3.63) is 53.6 Å². The van der Waals surface area contributed by atoms with Crippen LogP contribution in [0.2, 0.25) is 0 Å². The third-order valence-corrected chi connectivity index (χ3v) is 5.04. The van der Waals surface area contributed by atoms with Gasteiger partial charge in [-0.1, -0.05) is 24.3 Å². The van der Waals surface area contributed by atoms with Gasteiger partial charge in [0.15, 0.2) is 11.5 Å². The number of thiophene rings is 1. The molecule has 0 fully saturated rings. The van der Waals surface area contributed by atoms with Crippen molar-refractivity contribution in [1.82, 2.24) is 0 Å². The van der Waals surface area contributed by atoms with Crippen LogP contribution in [0, 0.1) is 0 Å². The number of hydrogen-bond donors (Lipinski definition) is 1. The van der Waals surface area contributed by atoms with E-state index in [0.717, 1.165) is 10.1 Å². The SMILES string of the molecule is CCOC(=O)c1c(NC(=O)c2cccc(OC)c2OC)sc2ccccc12. The lowest BCUT2D eigenvalue weighted by Gasteiger charge is -2.12. The Morgan fingerprint density at radius 2 is 1.81 bits per heavy atom. The number of hydrogen-bond acceptors (Lipinski definition) is 6. The maximum Gasteiger partial charge on any atom is 0.341 e. The number of benzene rings is 2. The van der Waals surface area contributed by atoms with E-state index in [9.17, 15) is 9.59 Å². The summed E-state index contributed by atoms with van der Waals surface area (Å²) in [5.74, 6) is -0.0888. The van der Waals surface area contributed by atoms with Crippen molar-refractivity contribution in [3.8, 4) is 11.5 Å². The number of anilines is 1. The standard InChI is InChI=1S/C20H19NO5S/c1-4-26-20(23)16-12-8-5-6-11-15(12)27-19(16)21-18(22)13-9-7-10-14(24-2)17(13)25-3/h5-11H,4H2,1-3H3,(H,21,22). The van der Waals surface area contributed by atoms with Crippen LogP contribution in [0.5, 0.6) is 11.5 Å². The monoisotopic (exact) mass is 385 g/mol. The highest BCUT2D eigenvalue weighted by Gasteiger charge is 2.23. The van der Waals surface area contributed by atoms with Gasteiger partial charge in [-0.05, 0) is 25.1 Å². The summed E-state index contributed by atoms with van der Waals surface area (Å²) in [6.45, 7) is 1.99. The number of para-hydroxylation sites is 1. The molecule has 3 rings (SSSR count). The average Bonchev–Trinajstić information content (AvgIpc) is 3.05. The summed E-state index contributed by atoms with van der Waals surface area (Å²) in [6, 6.07) is 12.5. The van der Waals surface area contributed by atoms with E-state index >= 15 is 0 Å². The fraction of sp³-hybridized carbons (Fsp3) is 0.200. The molecule has 0 aliphatic heterocycles. The maximum atomic E-state index is 12.9. The summed E-state index contributed by atoms with van der Waals surface area (Å²) < 4.78 is 16.6. The lowest BCUT2D eigenvalue weighted by Crippen LogP contribution is -2.15. The summed E-state index contributed by atoms with van der Waals surface area (Å²) >= 11 is 1.32. The van der Waals surface area contributed by atoms with Gasteiger partial charge in [0.25, 0.3) is 5.91 Å². The van der Waals surface area contributed by atoms with E-state index in [1.165, 1.54) is 25.6 Å². The summed E-state index contributed by atoms with van der Waals surface area (Å²) in [5.41, 5.74) is 0.664. The van der Waals surface area contributed by atoms with Gasteiger partial charge in [0, 0.05) is 10.1 Å². The molecule has 0 bridgehead atoms. The Morgan fingerprint density at radius 1 is 1.04 bits per heavy atom. The lowest BCUT2D eigenvalue weighted by atomic mass is 10.1. The predicted molar refractivity (Wildman–Crippen MR) is 105 cm³/mol. The molecule has 0 spiro atoms. The Balaban J connectivity index is 2.03. The second-order valence-electron chi connectivity index (χ2n) is 5.52. The molecule has 1 amide bonds. The van der Waals surface area contributed by atoms with Crippen molar-refractivity contribution >= 4 is 38.3 Å². The first-order valence-corrected chi connectivity index (χ1v) is 9.13. The molecule has 1 heterocycles. The summed E-state index contributed by atoms with van der Waals surface area (Å²) in [4.78, 5) is 25.3. The summed E-state index contributed by atoms with van der Waals surface area (Å²) in [7, 11) is 2.97. The van der Waals surface area contributed by atoms with E-state index < -0.39 is 11.9 Å². The van der Waals surface area contributed by atoms with Crippen LogP contribution in [0.25, 0.3) is 10.1 Å². The van der Waals surface area contributed by atoms with Gasteiger partial charge in [-0.15, -0.1) is 11.3 Å². The molecule has 0 atom stereocenters. The Bertz CT molecular complexity index is 995. The van der Waals surface area contributed by atoms with E-state index in [0.29, 0.717) is 27.6 Å². The van der Waals surface area contributed by atoms with Crippen molar-refractivity contribution in [2.75, 3.05) is 26.1 Å². The number of ether oxygens (including phenoxy) is 3. The minimum Gasteiger partial charge on any atom is -0.493 e. The van der Waals surface area contributed by atoms with Gasteiger partial charge in [0.1, 0.15) is 10.6 Å². The zero-order chi connectivity index (χ0) is 19.4. The molecule has 0 radical (unpaired) electrons. The number of rotatable bonds is 6. The van der Waals surface area contributed by atoms with E-state index in [1.807, 2.05) is 24.3 Å². The molecule has 6 nitrogen and oxygen atoms in total. The first kappa shape index (κ1) is 18.7. The van der Waals surface area contributed by atoms with E-state index in [4.69, 9.17) is 14.2 Å². The second-order valence-corrected chi connectivity index (χ2v) is 6.57. The highest BCUT2D eigenvalue weighted by Crippen LogP contribution is 2.37. The molecule has 3 aromatic rings. The number of amides is 1. The predicted octanol–water partition coefficient (Wildman–Crippen LogP) is 4.35. The zero-order valence-corrected chi connectivity index (χ0v) is 16.0. The topological polar surface area (TPSA) is 73.9 Å². The molecule has 0 aliphatic rings. The van der Waals surface area contributed by atoms with Gasteiger partial charge in [-0.2, -0.15) is 0 Å². The molecular weight excluding hydrogens is 366 g/mol. The van der Waals surface area contributed by atoms with Gasteiger partial charge < -0.3 is 19.5 Å². The van der Waals surface area contributed by atoms with Crippen molar-refractivity contribution in [3.63, 3.8) is 0 Å². The zero-order valence-electron chi connectivity index (χ0n) is 15.2. The quantitative estimate of drug-likeness (QED) is 0.639. The molecule has 7 heteroatoms. The average molecular weight is 385 g/mol. The molecule has 2 aromatic carbocycles. The van der Waals surface area contributed by atoms with E-state index in [2.05, 4.69) is 5.32 Å². The smallest absolute Gasteiger partial charge is 0.341 e. The van der Waals surface area contributed by atoms with Gasteiger partial charge in [-0.25, -0.2) is 4.79 Å². The minimum absolute atomic E-state index is 0.250. The van der Waals surface area contributed by atoms with Crippen LogP contribution in [-0.4, -0.2) is 32.7 Å². The molecule has 27 heavy (non-hydrogen) atoms. The van der Waals surface area contributed by atoms with Crippen molar-refractivity contribution in [2.45, 2.75) is 6.92 Å². The Kier molecular flexibility index (Phi) is 5.61. The van der Waals surface area contributed by atoms with Gasteiger partial charge >= 0.3 is 5.97 Å². The lowest BCUT2D eigenvalue weighted by molar-refractivity contribution is 0.0530. The molecule has 0 saturated heterocycles. The number of methoxy groups -OCH3 is 2. The van der Waals surface area contributed by atoms with E-state index in [-0.39, 0.29) is 6.61 Å². The van der Waals surface area contributed by atoms with Gasteiger partial charge in [0.05, 0.1) is 26.4 Å². The Hall–Kier alpha value is -3.06. The Labute approximate surface area is 160 Å². The Morgan fingerprint density at radius 3 is 2.52 bits per heavy atom. The summed E-state index contributed by atoms with van der Waals surface area (Å²) in [5, 5.41) is 4.00. The fourth-order valence-corrected chi connectivity index (χ4v) is 3.86. The van der Waals surface area contributed by atoms with Crippen LogP contribution in [0.1, 0.15) is 27.6 Å². The number of carbonyl (C=O) groups excluding carboxylic acids is 2. The number of esters is 1. The fourth-order valence-electron chi connectivity index (χ4n) is 2.78. The van der Waals surface area contributed by atoms with Crippen molar-refractivity contribution in [1.29, 1.82) is 0 Å². The maximum absolute atomic E-state index is 12.9. The first-order chi connectivity index (χ1) is 13.1. The van der Waals surface area contributed by atoms with Crippen LogP contribution in [-0.2, 0) is 4.74 Å². The largest absolute Gasteiger partial charge is 0.493 e. The normalized spacial score (nSPS) is 10.5. The van der Waals surface area contributed by atoms with Crippen LogP contribution in [0.3, 0.4) is 0 Å². The van der Waals surface area contributed by atoms with Crippen molar-refractivity contribution in [2.24, 2.45) is 0 Å². The molecule has 1 N–H and O–H groups in total. The molecule has 0 saturated carbocycles. The first-order valence-electron chi connectivity index (χ1n) is 8.31. The molecule has 0 unspecified atom stereocenters. The third kappa shape index (κ3) is 3.59. The van der Waals surface area contributed by atoms with Gasteiger partial charge in [0.2, 0.25) is 0 Å². The highest BCUT2D eigenvalue weighted by atomic mass is 32.1. The van der Waals surface area contributed by atoms with Crippen LogP contribution in [0.15, 0.2) is 42.5 Å². The molecule has 140 valence electrons. The van der Waals surface area contributed by atoms with Crippen LogP contribution < -0.4 is 14.8 Å². The van der Waals surface area contributed by atoms with Crippen molar-refractivity contribution < 1.29 is 23.8 Å². The summed E-state index contributed by atoms with van der Waals surface area (Å²) in [6.07, 6.45) is 0. The number of fused-ring (bicyclic) bond motifs is 1. The molecule has 0 aliphatic carbocycles. The third-order valence-electron chi connectivity index (χ3n) is 3.95. The molecule has 1 aromatic heterocycles. The number of carbonyl (C=O) groups is 2. The highest BCUT2D eigenvalue weighted by molar-refractivity contribution is 7.23. The minimum atomic E-state index is -0.470. The molecular formula is C20H19NO5S. The second kappa shape index (κ2) is 8.09. The van der Waals surface area contributed by atoms with Crippen LogP contribution >= 0.6 is 11.3 Å². The van der Waals surface area contributed by atoms with E-state index in [1.54, 1.807) is 25.1 Å². The van der Waals surface area contributed by atoms with Gasteiger partial charge in [-0.3, -0.25) is 4.79 Å². The van der Waals surface area contributed by atoms with Crippen LogP contribution in [0.4, 0.5) is 5.00 Å².